The second-order valence-corrected chi connectivity index (χ2v) is 4.60. The first-order valence-corrected chi connectivity index (χ1v) is 5.80. The van der Waals surface area contributed by atoms with Crippen LogP contribution in [0.3, 0.4) is 0 Å². The van der Waals surface area contributed by atoms with E-state index in [1.807, 2.05) is 13.0 Å². The van der Waals surface area contributed by atoms with Crippen LogP contribution in [-0.4, -0.2) is 19.3 Å². The third-order valence-electron chi connectivity index (χ3n) is 3.36. The smallest absolute Gasteiger partial charge is 0.0601 e. The average molecular weight is 220 g/mol. The van der Waals surface area contributed by atoms with Gasteiger partial charge in [-0.05, 0) is 37.0 Å². The summed E-state index contributed by atoms with van der Waals surface area (Å²) in [6.07, 6.45) is 2.72. The van der Waals surface area contributed by atoms with Crippen LogP contribution in [-0.2, 0) is 11.3 Å². The minimum Gasteiger partial charge on any atom is -0.399 e. The minimum absolute atomic E-state index is 0.464. The van der Waals surface area contributed by atoms with E-state index in [1.165, 1.54) is 5.56 Å². The van der Waals surface area contributed by atoms with Crippen molar-refractivity contribution in [3.05, 3.63) is 29.3 Å². The molecule has 0 amide bonds. The number of anilines is 1. The predicted octanol–water partition coefficient (Wildman–Crippen LogP) is 1.84. The summed E-state index contributed by atoms with van der Waals surface area (Å²) in [4.78, 5) is 0. The number of hydrogen-bond acceptors (Lipinski definition) is 3. The number of hydrogen-bond donors (Lipinski definition) is 2. The summed E-state index contributed by atoms with van der Waals surface area (Å²) in [6, 6.07) is 6.82. The Morgan fingerprint density at radius 3 is 2.81 bits per heavy atom. The highest BCUT2D eigenvalue weighted by Gasteiger charge is 2.28. The van der Waals surface area contributed by atoms with Crippen molar-refractivity contribution in [1.29, 1.82) is 0 Å². The highest BCUT2D eigenvalue weighted by atomic mass is 16.5. The van der Waals surface area contributed by atoms with Crippen molar-refractivity contribution >= 4 is 5.69 Å². The highest BCUT2D eigenvalue weighted by molar-refractivity contribution is 5.47. The summed E-state index contributed by atoms with van der Waals surface area (Å²) in [5, 5.41) is 3.53. The molecule has 0 unspecified atom stereocenters. The van der Waals surface area contributed by atoms with Gasteiger partial charge in [0.1, 0.15) is 0 Å². The monoisotopic (exact) mass is 220 g/mol. The van der Waals surface area contributed by atoms with Crippen LogP contribution in [0.5, 0.6) is 0 Å². The summed E-state index contributed by atoms with van der Waals surface area (Å²) in [5.74, 6) is 0. The maximum Gasteiger partial charge on any atom is 0.0601 e. The molecule has 16 heavy (non-hydrogen) atoms. The molecule has 1 aromatic rings. The predicted molar refractivity (Wildman–Crippen MR) is 66.3 cm³/mol. The molecule has 1 aliphatic carbocycles. The lowest BCUT2D eigenvalue weighted by molar-refractivity contribution is 0.0170. The Balaban J connectivity index is 1.80. The van der Waals surface area contributed by atoms with Crippen LogP contribution >= 0.6 is 0 Å². The van der Waals surface area contributed by atoms with Crippen molar-refractivity contribution in [2.75, 3.05) is 12.8 Å². The zero-order valence-corrected chi connectivity index (χ0v) is 9.99. The molecule has 1 aliphatic rings. The molecule has 2 rings (SSSR count). The van der Waals surface area contributed by atoms with Crippen LogP contribution in [0.4, 0.5) is 5.69 Å². The molecule has 1 aromatic carbocycles. The van der Waals surface area contributed by atoms with Gasteiger partial charge in [-0.15, -0.1) is 0 Å². The Labute approximate surface area is 97.0 Å². The van der Waals surface area contributed by atoms with Crippen LogP contribution in [0.1, 0.15) is 24.0 Å². The molecule has 0 atom stereocenters. The molecule has 0 heterocycles. The first kappa shape index (κ1) is 11.4. The van der Waals surface area contributed by atoms with E-state index in [4.69, 9.17) is 10.5 Å². The topological polar surface area (TPSA) is 47.3 Å². The van der Waals surface area contributed by atoms with Crippen molar-refractivity contribution in [2.24, 2.45) is 0 Å². The lowest BCUT2D eigenvalue weighted by Gasteiger charge is -2.34. The average Bonchev–Trinajstić information content (AvgIpc) is 2.21. The van der Waals surface area contributed by atoms with E-state index in [0.717, 1.165) is 30.6 Å². The molecule has 0 aromatic heterocycles. The normalized spacial score (nSPS) is 24.1. The van der Waals surface area contributed by atoms with Gasteiger partial charge in [-0.2, -0.15) is 0 Å². The van der Waals surface area contributed by atoms with Gasteiger partial charge < -0.3 is 15.8 Å². The van der Waals surface area contributed by atoms with Gasteiger partial charge in [-0.25, -0.2) is 0 Å². The number of aryl methyl sites for hydroxylation is 1. The molecule has 0 aliphatic heterocycles. The molecule has 0 saturated heterocycles. The van der Waals surface area contributed by atoms with E-state index in [9.17, 15) is 0 Å². The van der Waals surface area contributed by atoms with Crippen LogP contribution in [0.25, 0.3) is 0 Å². The van der Waals surface area contributed by atoms with Gasteiger partial charge in [0.25, 0.3) is 0 Å². The number of ether oxygens (including phenoxy) is 1. The standard InChI is InChI=1S/C13H20N2O/c1-9-5-10(3-4-13(9)14)8-15-11-6-12(7-11)16-2/h3-5,11-12,15H,6-8,14H2,1-2H3. The maximum atomic E-state index is 5.78. The van der Waals surface area contributed by atoms with Crippen LogP contribution in [0.2, 0.25) is 0 Å². The van der Waals surface area contributed by atoms with Gasteiger partial charge in [-0.1, -0.05) is 12.1 Å². The van der Waals surface area contributed by atoms with Crippen molar-refractivity contribution in [2.45, 2.75) is 38.5 Å². The van der Waals surface area contributed by atoms with Gasteiger partial charge >= 0.3 is 0 Å². The fourth-order valence-corrected chi connectivity index (χ4v) is 2.03. The van der Waals surface area contributed by atoms with Gasteiger partial charge in [0.05, 0.1) is 6.10 Å². The zero-order chi connectivity index (χ0) is 11.5. The fourth-order valence-electron chi connectivity index (χ4n) is 2.03. The third-order valence-corrected chi connectivity index (χ3v) is 3.36. The highest BCUT2D eigenvalue weighted by Crippen LogP contribution is 2.23. The van der Waals surface area contributed by atoms with Gasteiger partial charge in [0.15, 0.2) is 0 Å². The van der Waals surface area contributed by atoms with Gasteiger partial charge in [-0.3, -0.25) is 0 Å². The second-order valence-electron chi connectivity index (χ2n) is 4.60. The lowest BCUT2D eigenvalue weighted by atomic mass is 9.89. The van der Waals surface area contributed by atoms with Crippen LogP contribution in [0, 0.1) is 6.92 Å². The number of nitrogen functional groups attached to an aromatic ring is 1. The van der Waals surface area contributed by atoms with E-state index < -0.39 is 0 Å². The molecule has 0 spiro atoms. The van der Waals surface area contributed by atoms with Crippen LogP contribution in [0.15, 0.2) is 18.2 Å². The molecule has 1 saturated carbocycles. The summed E-state index contributed by atoms with van der Waals surface area (Å²) in [5.41, 5.74) is 9.10. The SMILES string of the molecule is COC1CC(NCc2ccc(N)c(C)c2)C1. The summed E-state index contributed by atoms with van der Waals surface area (Å²) in [7, 11) is 1.78. The molecule has 3 heteroatoms. The van der Waals surface area contributed by atoms with E-state index in [2.05, 4.69) is 17.4 Å². The molecule has 1 fully saturated rings. The number of rotatable bonds is 4. The first-order valence-electron chi connectivity index (χ1n) is 5.80. The largest absolute Gasteiger partial charge is 0.399 e. The van der Waals surface area contributed by atoms with Crippen molar-refractivity contribution in [1.82, 2.24) is 5.32 Å². The summed E-state index contributed by atoms with van der Waals surface area (Å²) in [6.45, 7) is 2.96. The Hall–Kier alpha value is -1.06. The third kappa shape index (κ3) is 2.54. The first-order chi connectivity index (χ1) is 7.69. The van der Waals surface area contributed by atoms with E-state index in [-0.39, 0.29) is 0 Å². The maximum absolute atomic E-state index is 5.78. The number of nitrogens with one attached hydrogen (secondary N) is 1. The van der Waals surface area contributed by atoms with Crippen molar-refractivity contribution < 1.29 is 4.74 Å². The minimum atomic E-state index is 0.464. The van der Waals surface area contributed by atoms with Gasteiger partial charge in [0.2, 0.25) is 0 Å². The van der Waals surface area contributed by atoms with E-state index >= 15 is 0 Å². The fraction of sp³-hybridized carbons (Fsp3) is 0.538. The Morgan fingerprint density at radius 1 is 1.44 bits per heavy atom. The lowest BCUT2D eigenvalue weighted by Crippen LogP contribution is -2.44. The second kappa shape index (κ2) is 4.85. The Morgan fingerprint density at radius 2 is 2.19 bits per heavy atom. The van der Waals surface area contributed by atoms with Crippen molar-refractivity contribution in [3.8, 4) is 0 Å². The number of benzene rings is 1. The molecular weight excluding hydrogens is 200 g/mol. The van der Waals surface area contributed by atoms with Gasteiger partial charge in [0, 0.05) is 25.4 Å². The molecular formula is C13H20N2O. The zero-order valence-electron chi connectivity index (χ0n) is 9.99. The number of methoxy groups -OCH3 is 1. The molecule has 0 bridgehead atoms. The quantitative estimate of drug-likeness (QED) is 0.761. The Kier molecular flexibility index (Phi) is 3.46. The van der Waals surface area contributed by atoms with Crippen molar-refractivity contribution in [3.63, 3.8) is 0 Å². The van der Waals surface area contributed by atoms with E-state index in [1.54, 1.807) is 7.11 Å². The molecule has 3 nitrogen and oxygen atoms in total. The molecule has 88 valence electrons. The number of nitrogens with two attached hydrogens (primary N) is 1. The Bertz CT molecular complexity index is 359. The van der Waals surface area contributed by atoms with Crippen LogP contribution < -0.4 is 11.1 Å². The molecule has 0 radical (unpaired) electrons. The summed E-state index contributed by atoms with van der Waals surface area (Å²) < 4.78 is 5.25. The molecule has 3 N–H and O–H groups in total. The van der Waals surface area contributed by atoms with E-state index in [0.29, 0.717) is 12.1 Å². The summed E-state index contributed by atoms with van der Waals surface area (Å²) >= 11 is 0.